The maximum absolute atomic E-state index is 13.7. The number of hydrogen-bond acceptors (Lipinski definition) is 7. The number of nitrogens with zero attached hydrogens (tertiary/aromatic N) is 4. The van der Waals surface area contributed by atoms with Gasteiger partial charge in [0.25, 0.3) is 11.5 Å². The zero-order valence-electron chi connectivity index (χ0n) is 19.1. The molecule has 174 valence electrons. The summed E-state index contributed by atoms with van der Waals surface area (Å²) < 4.78 is 7.54. The van der Waals surface area contributed by atoms with Gasteiger partial charge in [-0.3, -0.25) is 9.59 Å². The highest BCUT2D eigenvalue weighted by molar-refractivity contribution is 7.20. The number of hydrogen-bond donors (Lipinski definition) is 1. The van der Waals surface area contributed by atoms with E-state index in [0.29, 0.717) is 42.8 Å². The average molecular weight is 476 g/mol. The molecular formula is C25H25N5O3S. The summed E-state index contributed by atoms with van der Waals surface area (Å²) in [5.41, 5.74) is 1.99. The van der Waals surface area contributed by atoms with Gasteiger partial charge in [-0.15, -0.1) is 11.3 Å². The predicted molar refractivity (Wildman–Crippen MR) is 130 cm³/mol. The number of carbonyl (C=O) groups is 1. The van der Waals surface area contributed by atoms with Crippen LogP contribution in [0.4, 0.5) is 5.82 Å². The quantitative estimate of drug-likeness (QED) is 0.481. The minimum Gasteiger partial charge on any atom is -0.465 e. The molecule has 34 heavy (non-hydrogen) atoms. The number of aromatic nitrogens is 3. The summed E-state index contributed by atoms with van der Waals surface area (Å²) in [6, 6.07) is 9.34. The van der Waals surface area contributed by atoms with Gasteiger partial charge < -0.3 is 19.2 Å². The molecule has 2 atom stereocenters. The smallest absolute Gasteiger partial charge is 0.264 e. The third kappa shape index (κ3) is 3.51. The zero-order chi connectivity index (χ0) is 23.4. The molecule has 0 aliphatic carbocycles. The number of nitrogens with one attached hydrogen (secondary N) is 1. The SMILES string of the molecule is Cc1ccc(CNc2ncnc3sc(C(=O)N4C[C@H]5C[C@@H](C4)c4cccc(=O)n4C5)c(C)c23)o1. The van der Waals surface area contributed by atoms with Gasteiger partial charge in [0, 0.05) is 37.3 Å². The lowest BCUT2D eigenvalue weighted by atomic mass is 9.83. The van der Waals surface area contributed by atoms with E-state index in [1.165, 1.54) is 17.7 Å². The molecule has 2 aliphatic rings. The van der Waals surface area contributed by atoms with Crippen molar-refractivity contribution in [2.45, 2.75) is 39.3 Å². The van der Waals surface area contributed by atoms with Crippen LogP contribution >= 0.6 is 11.3 Å². The number of anilines is 1. The molecule has 0 radical (unpaired) electrons. The Morgan fingerprint density at radius 1 is 1.18 bits per heavy atom. The van der Waals surface area contributed by atoms with Crippen LogP contribution in [0.5, 0.6) is 0 Å². The van der Waals surface area contributed by atoms with Crippen LogP contribution in [0.15, 0.2) is 45.9 Å². The summed E-state index contributed by atoms with van der Waals surface area (Å²) in [4.78, 5) is 38.3. The Labute approximate surface area is 200 Å². The van der Waals surface area contributed by atoms with Crippen LogP contribution < -0.4 is 10.9 Å². The summed E-state index contributed by atoms with van der Waals surface area (Å²) in [6.07, 6.45) is 2.55. The fourth-order valence-corrected chi connectivity index (χ4v) is 6.48. The summed E-state index contributed by atoms with van der Waals surface area (Å²) in [5, 5.41) is 4.23. The van der Waals surface area contributed by atoms with Crippen LogP contribution in [0.3, 0.4) is 0 Å². The molecule has 1 N–H and O–H groups in total. The molecule has 6 rings (SSSR count). The predicted octanol–water partition coefficient (Wildman–Crippen LogP) is 3.93. The first-order chi connectivity index (χ1) is 16.5. The Kier molecular flexibility index (Phi) is 5.02. The van der Waals surface area contributed by atoms with Gasteiger partial charge in [0.2, 0.25) is 0 Å². The number of rotatable bonds is 4. The van der Waals surface area contributed by atoms with Crippen molar-refractivity contribution in [2.75, 3.05) is 18.4 Å². The maximum Gasteiger partial charge on any atom is 0.264 e. The Morgan fingerprint density at radius 2 is 2.06 bits per heavy atom. The standard InChI is InChI=1S/C25H25N5O3S/c1-14-6-7-18(33-14)9-26-23-21-15(2)22(34-24(21)28-13-27-23)25(32)29-10-16-8-17(12-29)19-4-3-5-20(31)30(19)11-16/h3-7,13,16-17H,8-12H2,1-2H3,(H,26,27,28)/t16-,17+/m1/s1. The fourth-order valence-electron chi connectivity index (χ4n) is 5.37. The minimum absolute atomic E-state index is 0.0366. The maximum atomic E-state index is 13.7. The van der Waals surface area contributed by atoms with Gasteiger partial charge >= 0.3 is 0 Å². The minimum atomic E-state index is 0.0366. The van der Waals surface area contributed by atoms with E-state index in [0.717, 1.165) is 39.4 Å². The molecule has 4 aromatic heterocycles. The first-order valence-corrected chi connectivity index (χ1v) is 12.3. The van der Waals surface area contributed by atoms with Gasteiger partial charge in [-0.25, -0.2) is 9.97 Å². The second-order valence-corrected chi connectivity index (χ2v) is 10.2. The molecule has 1 amide bonds. The van der Waals surface area contributed by atoms with Crippen molar-refractivity contribution in [3.8, 4) is 0 Å². The van der Waals surface area contributed by atoms with Gasteiger partial charge in [0.1, 0.15) is 28.5 Å². The van der Waals surface area contributed by atoms with E-state index < -0.39 is 0 Å². The number of fused-ring (bicyclic) bond motifs is 5. The van der Waals surface area contributed by atoms with Crippen molar-refractivity contribution in [3.63, 3.8) is 0 Å². The van der Waals surface area contributed by atoms with Gasteiger partial charge in [-0.05, 0) is 49.9 Å². The van der Waals surface area contributed by atoms with Gasteiger partial charge in [-0.2, -0.15) is 0 Å². The number of thiophene rings is 1. The van der Waals surface area contributed by atoms with E-state index in [1.807, 2.05) is 47.6 Å². The summed E-state index contributed by atoms with van der Waals surface area (Å²) in [7, 11) is 0. The Hall–Kier alpha value is -3.46. The monoisotopic (exact) mass is 475 g/mol. The zero-order valence-corrected chi connectivity index (χ0v) is 19.9. The van der Waals surface area contributed by atoms with Crippen LogP contribution in [-0.2, 0) is 13.1 Å². The van der Waals surface area contributed by atoms with Crippen molar-refractivity contribution in [3.05, 3.63) is 74.7 Å². The number of furan rings is 1. The second kappa shape index (κ2) is 8.09. The van der Waals surface area contributed by atoms with E-state index in [2.05, 4.69) is 15.3 Å². The normalized spacial score (nSPS) is 19.3. The Morgan fingerprint density at radius 3 is 2.88 bits per heavy atom. The lowest BCUT2D eigenvalue weighted by molar-refractivity contribution is 0.0599. The van der Waals surface area contributed by atoms with Crippen LogP contribution in [0.1, 0.15) is 44.8 Å². The van der Waals surface area contributed by atoms with E-state index >= 15 is 0 Å². The molecule has 6 heterocycles. The summed E-state index contributed by atoms with van der Waals surface area (Å²) in [6.45, 7) is 6.36. The summed E-state index contributed by atoms with van der Waals surface area (Å²) in [5.74, 6) is 2.91. The molecule has 9 heteroatoms. The molecule has 1 fully saturated rings. The van der Waals surface area contributed by atoms with E-state index in [4.69, 9.17) is 4.42 Å². The van der Waals surface area contributed by atoms with Crippen molar-refractivity contribution in [1.29, 1.82) is 0 Å². The highest BCUT2D eigenvalue weighted by atomic mass is 32.1. The van der Waals surface area contributed by atoms with Gasteiger partial charge in [0.05, 0.1) is 16.8 Å². The van der Waals surface area contributed by atoms with E-state index in [1.54, 1.807) is 6.07 Å². The lowest BCUT2D eigenvalue weighted by Crippen LogP contribution is -2.49. The number of likely N-dealkylation sites (tertiary alicyclic amines) is 1. The van der Waals surface area contributed by atoms with Crippen LogP contribution in [0, 0.1) is 19.8 Å². The molecule has 2 bridgehead atoms. The number of carbonyl (C=O) groups excluding carboxylic acids is 1. The molecular weight excluding hydrogens is 450 g/mol. The van der Waals surface area contributed by atoms with Crippen molar-refractivity contribution in [1.82, 2.24) is 19.4 Å². The van der Waals surface area contributed by atoms with Gasteiger partial charge in [0.15, 0.2) is 0 Å². The second-order valence-electron chi connectivity index (χ2n) is 9.23. The Balaban J connectivity index is 1.28. The van der Waals surface area contributed by atoms with Crippen molar-refractivity contribution < 1.29 is 9.21 Å². The van der Waals surface area contributed by atoms with E-state index in [-0.39, 0.29) is 17.4 Å². The third-order valence-electron chi connectivity index (χ3n) is 6.91. The summed E-state index contributed by atoms with van der Waals surface area (Å²) >= 11 is 1.42. The number of amides is 1. The first-order valence-electron chi connectivity index (χ1n) is 11.5. The van der Waals surface area contributed by atoms with Crippen molar-refractivity contribution in [2.24, 2.45) is 5.92 Å². The number of aryl methyl sites for hydroxylation is 2. The fraction of sp³-hybridized carbons (Fsp3) is 0.360. The topological polar surface area (TPSA) is 93.3 Å². The highest BCUT2D eigenvalue weighted by Crippen LogP contribution is 2.38. The van der Waals surface area contributed by atoms with Crippen LogP contribution in [-0.4, -0.2) is 38.4 Å². The molecule has 0 spiro atoms. The van der Waals surface area contributed by atoms with E-state index in [9.17, 15) is 9.59 Å². The highest BCUT2D eigenvalue weighted by Gasteiger charge is 2.37. The number of pyridine rings is 1. The molecule has 1 saturated heterocycles. The molecule has 0 unspecified atom stereocenters. The van der Waals surface area contributed by atoms with Gasteiger partial charge in [-0.1, -0.05) is 6.07 Å². The molecule has 8 nitrogen and oxygen atoms in total. The number of piperidine rings is 1. The third-order valence-corrected chi connectivity index (χ3v) is 8.10. The molecule has 0 saturated carbocycles. The Bertz CT molecular complexity index is 1470. The van der Waals surface area contributed by atoms with Crippen molar-refractivity contribution >= 4 is 33.3 Å². The molecule has 2 aliphatic heterocycles. The van der Waals surface area contributed by atoms with Crippen LogP contribution in [0.2, 0.25) is 0 Å². The largest absolute Gasteiger partial charge is 0.465 e. The molecule has 4 aromatic rings. The first kappa shape index (κ1) is 21.1. The average Bonchev–Trinajstić information content (AvgIpc) is 3.41. The van der Waals surface area contributed by atoms with Crippen LogP contribution in [0.25, 0.3) is 10.2 Å². The lowest BCUT2D eigenvalue weighted by Gasteiger charge is -2.42. The molecule has 0 aromatic carbocycles.